The first kappa shape index (κ1) is 18.8. The SMILES string of the molecule is O=C1N[C@H](C(F)F)CO1.O=C1OC[C@@H](C(F)F)N1Cc1ccccc1. The Kier molecular flexibility index (Phi) is 6.43. The molecule has 2 atom stereocenters. The summed E-state index contributed by atoms with van der Waals surface area (Å²) in [6.45, 7) is -0.297. The summed E-state index contributed by atoms with van der Waals surface area (Å²) in [7, 11) is 0. The van der Waals surface area contributed by atoms with Crippen molar-refractivity contribution in [1.82, 2.24) is 10.2 Å². The van der Waals surface area contributed by atoms with Crippen molar-refractivity contribution in [3.63, 3.8) is 0 Å². The number of benzene rings is 1. The average Bonchev–Trinajstić information content (AvgIpc) is 3.16. The van der Waals surface area contributed by atoms with Crippen LogP contribution in [0.5, 0.6) is 0 Å². The summed E-state index contributed by atoms with van der Waals surface area (Å²) >= 11 is 0. The molecule has 0 aliphatic carbocycles. The molecule has 0 saturated carbocycles. The van der Waals surface area contributed by atoms with E-state index >= 15 is 0 Å². The lowest BCUT2D eigenvalue weighted by atomic mass is 10.2. The topological polar surface area (TPSA) is 67.9 Å². The van der Waals surface area contributed by atoms with E-state index in [9.17, 15) is 27.2 Å². The van der Waals surface area contributed by atoms with Gasteiger partial charge < -0.3 is 14.8 Å². The number of ether oxygens (including phenoxy) is 2. The number of halogens is 4. The Labute approximate surface area is 140 Å². The van der Waals surface area contributed by atoms with E-state index in [1.807, 2.05) is 11.4 Å². The molecular formula is C15H16F4N2O4. The molecule has 2 amide bonds. The molecule has 0 unspecified atom stereocenters. The minimum atomic E-state index is -2.57. The summed E-state index contributed by atoms with van der Waals surface area (Å²) in [4.78, 5) is 22.4. The molecule has 2 aliphatic rings. The summed E-state index contributed by atoms with van der Waals surface area (Å²) in [5, 5.41) is 1.94. The third-order valence-corrected chi connectivity index (χ3v) is 3.50. The first-order chi connectivity index (χ1) is 11.9. The molecule has 1 N–H and O–H groups in total. The first-order valence-corrected chi connectivity index (χ1v) is 7.35. The van der Waals surface area contributed by atoms with E-state index in [1.54, 1.807) is 24.3 Å². The van der Waals surface area contributed by atoms with Gasteiger partial charge in [-0.15, -0.1) is 0 Å². The van der Waals surface area contributed by atoms with Crippen molar-refractivity contribution < 1.29 is 36.6 Å². The monoisotopic (exact) mass is 364 g/mol. The van der Waals surface area contributed by atoms with Crippen LogP contribution in [0.15, 0.2) is 30.3 Å². The van der Waals surface area contributed by atoms with Crippen LogP contribution in [-0.4, -0.2) is 55.2 Å². The predicted molar refractivity (Wildman–Crippen MR) is 77.4 cm³/mol. The number of nitrogens with zero attached hydrogens (tertiary/aromatic N) is 1. The third kappa shape index (κ3) is 5.23. The molecular weight excluding hydrogens is 348 g/mol. The molecule has 2 saturated heterocycles. The van der Waals surface area contributed by atoms with Crippen molar-refractivity contribution >= 4 is 12.2 Å². The van der Waals surface area contributed by atoms with E-state index < -0.39 is 37.1 Å². The Morgan fingerprint density at radius 3 is 2.20 bits per heavy atom. The molecule has 0 spiro atoms. The first-order valence-electron chi connectivity index (χ1n) is 7.35. The van der Waals surface area contributed by atoms with Gasteiger partial charge in [0.05, 0.1) is 0 Å². The lowest BCUT2D eigenvalue weighted by Crippen LogP contribution is -2.37. The predicted octanol–water partition coefficient (Wildman–Crippen LogP) is 2.63. The molecule has 0 radical (unpaired) electrons. The van der Waals surface area contributed by atoms with Crippen molar-refractivity contribution in [2.75, 3.05) is 13.2 Å². The van der Waals surface area contributed by atoms with Gasteiger partial charge in [0.1, 0.15) is 25.3 Å². The Morgan fingerprint density at radius 1 is 1.04 bits per heavy atom. The van der Waals surface area contributed by atoms with Gasteiger partial charge >= 0.3 is 12.2 Å². The maximum absolute atomic E-state index is 12.6. The van der Waals surface area contributed by atoms with Crippen LogP contribution >= 0.6 is 0 Å². The van der Waals surface area contributed by atoms with Crippen LogP contribution in [0.1, 0.15) is 5.56 Å². The van der Waals surface area contributed by atoms with E-state index in [0.29, 0.717) is 0 Å². The van der Waals surface area contributed by atoms with Gasteiger partial charge in [0.2, 0.25) is 0 Å². The van der Waals surface area contributed by atoms with E-state index in [0.717, 1.165) is 10.5 Å². The van der Waals surface area contributed by atoms with Crippen LogP contribution < -0.4 is 5.32 Å². The van der Waals surface area contributed by atoms with E-state index in [-0.39, 0.29) is 19.8 Å². The van der Waals surface area contributed by atoms with Gasteiger partial charge in [0.25, 0.3) is 12.9 Å². The zero-order chi connectivity index (χ0) is 18.4. The molecule has 3 rings (SSSR count). The second-order valence-electron chi connectivity index (χ2n) is 5.28. The molecule has 10 heteroatoms. The zero-order valence-electron chi connectivity index (χ0n) is 12.9. The summed E-state index contributed by atoms with van der Waals surface area (Å²) in [5.41, 5.74) is 0.812. The second-order valence-corrected chi connectivity index (χ2v) is 5.28. The van der Waals surface area contributed by atoms with Gasteiger partial charge in [0.15, 0.2) is 0 Å². The fraction of sp³-hybridized carbons (Fsp3) is 0.467. The van der Waals surface area contributed by atoms with Crippen LogP contribution in [0.25, 0.3) is 0 Å². The highest BCUT2D eigenvalue weighted by Crippen LogP contribution is 2.21. The number of hydrogen-bond donors (Lipinski definition) is 1. The molecule has 1 aromatic carbocycles. The van der Waals surface area contributed by atoms with Crippen molar-refractivity contribution in [3.8, 4) is 0 Å². The fourth-order valence-corrected chi connectivity index (χ4v) is 2.17. The van der Waals surface area contributed by atoms with E-state index in [2.05, 4.69) is 9.47 Å². The van der Waals surface area contributed by atoms with Gasteiger partial charge in [-0.2, -0.15) is 0 Å². The standard InChI is InChI=1S/C11H11F2NO2.C4H5F2NO2/c12-10(13)9-7-16-11(15)14(9)6-8-4-2-1-3-5-8;5-3(6)2-1-9-4(8)7-2/h1-5,9-10H,6-7H2;2-3H,1H2,(H,7,8)/t9-;2-/m00/s1. The lowest BCUT2D eigenvalue weighted by molar-refractivity contribution is 0.0575. The van der Waals surface area contributed by atoms with Gasteiger partial charge in [-0.1, -0.05) is 30.3 Å². The number of hydrogen-bond acceptors (Lipinski definition) is 4. The highest BCUT2D eigenvalue weighted by molar-refractivity contribution is 5.70. The number of rotatable bonds is 4. The average molecular weight is 364 g/mol. The third-order valence-electron chi connectivity index (χ3n) is 3.50. The minimum Gasteiger partial charge on any atom is -0.447 e. The summed E-state index contributed by atoms with van der Waals surface area (Å²) < 4.78 is 57.2. The Morgan fingerprint density at radius 2 is 1.72 bits per heavy atom. The Bertz CT molecular complexity index is 588. The highest BCUT2D eigenvalue weighted by atomic mass is 19.3. The number of cyclic esters (lactones) is 2. The smallest absolute Gasteiger partial charge is 0.410 e. The summed E-state index contributed by atoms with van der Waals surface area (Å²) in [5.74, 6) is 0. The molecule has 1 aromatic rings. The Hall–Kier alpha value is -2.52. The quantitative estimate of drug-likeness (QED) is 0.834. The number of carbonyl (C=O) groups excluding carboxylic acids is 2. The largest absolute Gasteiger partial charge is 0.447 e. The molecule has 2 fully saturated rings. The molecule has 0 aromatic heterocycles. The molecule has 25 heavy (non-hydrogen) atoms. The van der Waals surface area contributed by atoms with Crippen molar-refractivity contribution in [3.05, 3.63) is 35.9 Å². The minimum absolute atomic E-state index is 0.161. The second kappa shape index (κ2) is 8.54. The number of alkyl carbamates (subject to hydrolysis) is 1. The molecule has 6 nitrogen and oxygen atoms in total. The van der Waals surface area contributed by atoms with Crippen LogP contribution in [0.2, 0.25) is 0 Å². The van der Waals surface area contributed by atoms with Crippen molar-refractivity contribution in [1.29, 1.82) is 0 Å². The number of alkyl halides is 4. The number of amides is 2. The van der Waals surface area contributed by atoms with Crippen molar-refractivity contribution in [2.24, 2.45) is 0 Å². The maximum Gasteiger partial charge on any atom is 0.410 e. The van der Waals surface area contributed by atoms with Crippen molar-refractivity contribution in [2.45, 2.75) is 31.5 Å². The summed E-state index contributed by atoms with van der Waals surface area (Å²) in [6, 6.07) is 6.76. The fourth-order valence-electron chi connectivity index (χ4n) is 2.17. The highest BCUT2D eigenvalue weighted by Gasteiger charge is 2.38. The normalized spacial score (nSPS) is 22.4. The Balaban J connectivity index is 0.000000212. The van der Waals surface area contributed by atoms with E-state index in [4.69, 9.17) is 0 Å². The van der Waals surface area contributed by atoms with Crippen LogP contribution in [0.4, 0.5) is 27.2 Å². The molecule has 0 bridgehead atoms. The number of carbonyl (C=O) groups is 2. The molecule has 2 heterocycles. The van der Waals surface area contributed by atoms with Gasteiger partial charge in [-0.3, -0.25) is 4.90 Å². The van der Waals surface area contributed by atoms with Crippen LogP contribution in [-0.2, 0) is 16.0 Å². The molecule has 138 valence electrons. The van der Waals surface area contributed by atoms with Gasteiger partial charge in [-0.05, 0) is 5.56 Å². The van der Waals surface area contributed by atoms with E-state index in [1.165, 1.54) is 0 Å². The van der Waals surface area contributed by atoms with Gasteiger partial charge in [0, 0.05) is 6.54 Å². The van der Waals surface area contributed by atoms with Gasteiger partial charge in [-0.25, -0.2) is 27.2 Å². The zero-order valence-corrected chi connectivity index (χ0v) is 12.9. The van der Waals surface area contributed by atoms with Crippen LogP contribution in [0.3, 0.4) is 0 Å². The maximum atomic E-state index is 12.6. The lowest BCUT2D eigenvalue weighted by Gasteiger charge is -2.20. The summed E-state index contributed by atoms with van der Waals surface area (Å²) in [6.07, 6.45) is -6.54. The number of nitrogens with one attached hydrogen (secondary N) is 1. The molecule has 2 aliphatic heterocycles. The van der Waals surface area contributed by atoms with Crippen LogP contribution in [0, 0.1) is 0 Å².